The fraction of sp³-hybridized carbons (Fsp3) is 0.450. The van der Waals surface area contributed by atoms with E-state index in [1.165, 1.54) is 0 Å². The summed E-state index contributed by atoms with van der Waals surface area (Å²) in [5.74, 6) is -0.675. The maximum atomic E-state index is 13.0. The van der Waals surface area contributed by atoms with Crippen LogP contribution in [-0.2, 0) is 14.3 Å². The number of anilines is 1. The molecule has 0 spiro atoms. The molecule has 8 nitrogen and oxygen atoms in total. The summed E-state index contributed by atoms with van der Waals surface area (Å²) in [4.78, 5) is 29.7. The Morgan fingerprint density at radius 2 is 1.86 bits per heavy atom. The molecular weight excluding hydrogens is 360 g/mol. The van der Waals surface area contributed by atoms with Gasteiger partial charge in [0.1, 0.15) is 6.04 Å². The van der Waals surface area contributed by atoms with Gasteiger partial charge in [0.05, 0.1) is 5.69 Å². The average molecular weight is 386 g/mol. The maximum Gasteiger partial charge on any atom is 0.328 e. The second-order valence-electron chi connectivity index (χ2n) is 7.05. The topological polar surface area (TPSA) is 87.9 Å². The fourth-order valence-electron chi connectivity index (χ4n) is 3.15. The lowest BCUT2D eigenvalue weighted by Crippen LogP contribution is -2.48. The van der Waals surface area contributed by atoms with E-state index in [1.807, 2.05) is 30.3 Å². The minimum atomic E-state index is -0.961. The van der Waals surface area contributed by atoms with Gasteiger partial charge in [-0.2, -0.15) is 0 Å². The number of amides is 1. The Bertz CT molecular complexity index is 800. The molecule has 8 heteroatoms. The predicted octanol–water partition coefficient (Wildman–Crippen LogP) is 1.84. The highest BCUT2D eigenvalue weighted by atomic mass is 16.5. The highest BCUT2D eigenvalue weighted by molar-refractivity contribution is 5.94. The number of esters is 1. The molecule has 0 aliphatic carbocycles. The quantitative estimate of drug-likeness (QED) is 0.758. The van der Waals surface area contributed by atoms with Crippen LogP contribution in [0.4, 0.5) is 5.88 Å². The third-order valence-corrected chi connectivity index (χ3v) is 4.78. The van der Waals surface area contributed by atoms with Gasteiger partial charge in [0, 0.05) is 32.2 Å². The molecule has 3 rings (SSSR count). The second kappa shape index (κ2) is 8.99. The molecule has 1 fully saturated rings. The molecule has 2 heterocycles. The number of benzene rings is 1. The molecule has 1 aromatic heterocycles. The summed E-state index contributed by atoms with van der Waals surface area (Å²) in [7, 11) is 2.06. The number of aryl methyl sites for hydroxylation is 1. The molecule has 0 saturated carbocycles. The number of carbonyl (C=O) groups excluding carboxylic acids is 2. The van der Waals surface area contributed by atoms with Crippen LogP contribution < -0.4 is 5.32 Å². The van der Waals surface area contributed by atoms with Crippen LogP contribution in [0.3, 0.4) is 0 Å². The van der Waals surface area contributed by atoms with Crippen molar-refractivity contribution in [2.45, 2.75) is 26.0 Å². The first-order chi connectivity index (χ1) is 13.4. The lowest BCUT2D eigenvalue weighted by atomic mass is 10.0. The molecule has 1 aliphatic rings. The van der Waals surface area contributed by atoms with Gasteiger partial charge in [0.15, 0.2) is 6.10 Å². The third-order valence-electron chi connectivity index (χ3n) is 4.78. The number of carbonyl (C=O) groups is 2. The van der Waals surface area contributed by atoms with Crippen LogP contribution in [-0.4, -0.2) is 66.2 Å². The van der Waals surface area contributed by atoms with Crippen LogP contribution in [0, 0.1) is 6.92 Å². The van der Waals surface area contributed by atoms with E-state index in [9.17, 15) is 9.59 Å². The Morgan fingerprint density at radius 3 is 2.46 bits per heavy atom. The lowest BCUT2D eigenvalue weighted by molar-refractivity contribution is -0.159. The third kappa shape index (κ3) is 4.96. The first-order valence-electron chi connectivity index (χ1n) is 9.36. The smallest absolute Gasteiger partial charge is 0.328 e. The van der Waals surface area contributed by atoms with E-state index in [2.05, 4.69) is 27.3 Å². The highest BCUT2D eigenvalue weighted by Gasteiger charge is 2.33. The number of piperazine rings is 1. The van der Waals surface area contributed by atoms with E-state index < -0.39 is 24.0 Å². The van der Waals surface area contributed by atoms with Crippen LogP contribution in [0.5, 0.6) is 0 Å². The molecule has 0 bridgehead atoms. The van der Waals surface area contributed by atoms with Gasteiger partial charge in [-0.15, -0.1) is 0 Å². The van der Waals surface area contributed by atoms with Gasteiger partial charge in [0.2, 0.25) is 5.88 Å². The summed E-state index contributed by atoms with van der Waals surface area (Å²) in [6.45, 7) is 6.55. The normalized spacial score (nSPS) is 17.7. The summed E-state index contributed by atoms with van der Waals surface area (Å²) < 4.78 is 10.5. The summed E-state index contributed by atoms with van der Waals surface area (Å²) >= 11 is 0. The summed E-state index contributed by atoms with van der Waals surface area (Å²) in [5, 5.41) is 6.28. The van der Waals surface area contributed by atoms with Crippen molar-refractivity contribution in [3.05, 3.63) is 47.7 Å². The number of hydrogen-bond acceptors (Lipinski definition) is 7. The molecular formula is C20H26N4O4. The van der Waals surface area contributed by atoms with E-state index in [1.54, 1.807) is 19.9 Å². The summed E-state index contributed by atoms with van der Waals surface area (Å²) in [6, 6.07) is 10.6. The monoisotopic (exact) mass is 386 g/mol. The summed E-state index contributed by atoms with van der Waals surface area (Å²) in [6.07, 6.45) is -0.961. The van der Waals surface area contributed by atoms with Crippen LogP contribution in [0.1, 0.15) is 24.2 Å². The number of likely N-dealkylation sites (N-methyl/N-ethyl adjacent to an activating group) is 1. The number of nitrogens with one attached hydrogen (secondary N) is 1. The minimum Gasteiger partial charge on any atom is -0.451 e. The second-order valence-corrected chi connectivity index (χ2v) is 7.05. The largest absolute Gasteiger partial charge is 0.451 e. The molecule has 1 N–H and O–H groups in total. The van der Waals surface area contributed by atoms with Crippen molar-refractivity contribution in [3.63, 3.8) is 0 Å². The van der Waals surface area contributed by atoms with E-state index >= 15 is 0 Å². The number of hydrogen-bond donors (Lipinski definition) is 1. The number of rotatable bonds is 6. The Labute approximate surface area is 164 Å². The Morgan fingerprint density at radius 1 is 1.18 bits per heavy atom. The standard InChI is InChI=1S/C20H26N4O4/c1-14-13-17(28-22-14)21-19(25)15(2)27-20(26)18(16-7-5-4-6-8-16)24-11-9-23(3)10-12-24/h4-8,13,15,18H,9-12H2,1-3H3,(H,21,25). The molecule has 1 aliphatic heterocycles. The SMILES string of the molecule is Cc1cc(NC(=O)C(C)OC(=O)C(c2ccccc2)N2CCN(C)CC2)on1. The molecule has 28 heavy (non-hydrogen) atoms. The molecule has 1 saturated heterocycles. The van der Waals surface area contributed by atoms with Crippen molar-refractivity contribution in [3.8, 4) is 0 Å². The van der Waals surface area contributed by atoms with Gasteiger partial charge < -0.3 is 14.2 Å². The van der Waals surface area contributed by atoms with Crippen LogP contribution in [0.25, 0.3) is 0 Å². The minimum absolute atomic E-state index is 0.226. The number of aromatic nitrogens is 1. The van der Waals surface area contributed by atoms with E-state index in [-0.39, 0.29) is 5.88 Å². The first-order valence-corrected chi connectivity index (χ1v) is 9.36. The first kappa shape index (κ1) is 20.0. The Balaban J connectivity index is 1.69. The maximum absolute atomic E-state index is 13.0. The van der Waals surface area contributed by atoms with Crippen molar-refractivity contribution in [1.82, 2.24) is 15.0 Å². The van der Waals surface area contributed by atoms with Crippen LogP contribution in [0.2, 0.25) is 0 Å². The van der Waals surface area contributed by atoms with E-state index in [4.69, 9.17) is 9.26 Å². The number of nitrogens with zero attached hydrogens (tertiary/aromatic N) is 3. The van der Waals surface area contributed by atoms with Crippen molar-refractivity contribution >= 4 is 17.8 Å². The summed E-state index contributed by atoms with van der Waals surface area (Å²) in [5.41, 5.74) is 1.51. The Hall–Kier alpha value is -2.71. The fourth-order valence-corrected chi connectivity index (χ4v) is 3.15. The highest BCUT2D eigenvalue weighted by Crippen LogP contribution is 2.24. The van der Waals surface area contributed by atoms with Gasteiger partial charge >= 0.3 is 5.97 Å². The molecule has 0 radical (unpaired) electrons. The van der Waals surface area contributed by atoms with E-state index in [0.29, 0.717) is 5.69 Å². The van der Waals surface area contributed by atoms with Crippen molar-refractivity contribution in [1.29, 1.82) is 0 Å². The lowest BCUT2D eigenvalue weighted by Gasteiger charge is -2.37. The number of ether oxygens (including phenoxy) is 1. The predicted molar refractivity (Wildman–Crippen MR) is 104 cm³/mol. The zero-order valence-corrected chi connectivity index (χ0v) is 16.4. The van der Waals surface area contributed by atoms with Crippen LogP contribution >= 0.6 is 0 Å². The van der Waals surface area contributed by atoms with Gasteiger partial charge in [-0.05, 0) is 26.5 Å². The average Bonchev–Trinajstić information content (AvgIpc) is 3.09. The zero-order chi connectivity index (χ0) is 20.1. The van der Waals surface area contributed by atoms with Gasteiger partial charge in [0.25, 0.3) is 5.91 Å². The van der Waals surface area contributed by atoms with Crippen molar-refractivity contribution in [2.75, 3.05) is 38.5 Å². The van der Waals surface area contributed by atoms with Gasteiger partial charge in [-0.3, -0.25) is 15.0 Å². The van der Waals surface area contributed by atoms with Gasteiger partial charge in [-0.25, -0.2) is 4.79 Å². The molecule has 2 aromatic rings. The molecule has 1 aromatic carbocycles. The molecule has 2 unspecified atom stereocenters. The molecule has 150 valence electrons. The van der Waals surface area contributed by atoms with Crippen molar-refractivity contribution in [2.24, 2.45) is 0 Å². The van der Waals surface area contributed by atoms with Gasteiger partial charge in [-0.1, -0.05) is 35.5 Å². The Kier molecular flexibility index (Phi) is 6.43. The van der Waals surface area contributed by atoms with E-state index in [0.717, 1.165) is 31.7 Å². The molecule has 1 amide bonds. The molecule has 2 atom stereocenters. The van der Waals surface area contributed by atoms with Crippen LogP contribution in [0.15, 0.2) is 40.9 Å². The zero-order valence-electron chi connectivity index (χ0n) is 16.4. The van der Waals surface area contributed by atoms with Crippen molar-refractivity contribution < 1.29 is 18.8 Å².